The van der Waals surface area contributed by atoms with Crippen LogP contribution in [0.15, 0.2) is 134 Å². The molecule has 1 aromatic heterocycles. The smallest absolute Gasteiger partial charge is 0.410 e. The van der Waals surface area contributed by atoms with E-state index in [4.69, 9.17) is 29.0 Å². The Bertz CT molecular complexity index is 3150. The second-order valence-corrected chi connectivity index (χ2v) is 22.2. The van der Waals surface area contributed by atoms with Gasteiger partial charge in [0.05, 0.1) is 28.1 Å². The van der Waals surface area contributed by atoms with E-state index in [1.165, 1.54) is 18.2 Å². The average molecular weight is 1170 g/mol. The zero-order chi connectivity index (χ0) is 61.7. The molecule has 3 saturated heterocycles. The highest BCUT2D eigenvalue weighted by molar-refractivity contribution is 6.00. The Labute approximate surface area is 493 Å². The number of ether oxygens (including phenoxy) is 4. The number of β-amino-alcohol motifs (C(OH)–C–C–N with tert-alkyl or cyclic N) is 1. The number of hydrogen-bond acceptors (Lipinski definition) is 17. The van der Waals surface area contributed by atoms with Crippen LogP contribution in [0.3, 0.4) is 0 Å². The predicted molar refractivity (Wildman–Crippen MR) is 321 cm³/mol. The molecule has 0 unspecified atom stereocenters. The molecule has 9 rings (SSSR count). The molecular formula is C62H76FN9O13. The van der Waals surface area contributed by atoms with Gasteiger partial charge in [0, 0.05) is 111 Å². The molecule has 0 aliphatic carbocycles. The summed E-state index contributed by atoms with van der Waals surface area (Å²) in [4.78, 5) is 69.8. The monoisotopic (exact) mass is 1170 g/mol. The Morgan fingerprint density at radius 1 is 0.694 bits per heavy atom. The lowest BCUT2D eigenvalue weighted by atomic mass is 10.0. The van der Waals surface area contributed by atoms with Crippen LogP contribution in [0.4, 0.5) is 42.7 Å². The number of hydrogen-bond donors (Lipinski definition) is 4. The van der Waals surface area contributed by atoms with E-state index in [1.807, 2.05) is 108 Å². The van der Waals surface area contributed by atoms with Gasteiger partial charge in [-0.3, -0.25) is 25.0 Å². The number of carbonyl (C=O) groups is 3. The number of carbonyl (C=O) groups excluding carboxylic acids is 3. The summed E-state index contributed by atoms with van der Waals surface area (Å²) in [5.74, 6) is 1.21. The lowest BCUT2D eigenvalue weighted by Gasteiger charge is -2.33. The molecule has 3 aliphatic heterocycles. The lowest BCUT2D eigenvalue weighted by molar-refractivity contribution is -0.385. The first-order valence-corrected chi connectivity index (χ1v) is 28.1. The summed E-state index contributed by atoms with van der Waals surface area (Å²) in [7, 11) is 0. The maximum Gasteiger partial charge on any atom is 0.410 e. The number of aliphatic hydroxyl groups excluding tert-OH is 2. The Hall–Kier alpha value is -8.80. The molecule has 0 spiro atoms. The molecule has 0 atom stereocenters. The van der Waals surface area contributed by atoms with Crippen molar-refractivity contribution in [2.24, 2.45) is 0 Å². The average Bonchev–Trinajstić information content (AvgIpc) is 3.67. The number of benzene rings is 5. The number of aliphatic hydroxyl groups is 2. The quantitative estimate of drug-likeness (QED) is 0.0475. The minimum atomic E-state index is -0.570. The third-order valence-electron chi connectivity index (χ3n) is 13.2. The number of nitro groups is 2. The number of fused-ring (bicyclic) bond motifs is 1. The number of nitro benzene ring substituents is 2. The zero-order valence-electron chi connectivity index (χ0n) is 48.9. The molecule has 23 heteroatoms. The molecular weight excluding hydrogens is 1100 g/mol. The number of anilines is 3. The number of nitrogens with one attached hydrogen (secondary N) is 2. The maximum atomic E-state index is 12.1. The highest BCUT2D eigenvalue weighted by Crippen LogP contribution is 2.31. The predicted octanol–water partition coefficient (Wildman–Crippen LogP) is 11.5. The first-order valence-electron chi connectivity index (χ1n) is 28.1. The molecule has 4 N–H and O–H groups in total. The van der Waals surface area contributed by atoms with Crippen molar-refractivity contribution in [2.75, 3.05) is 63.1 Å². The number of likely N-dealkylation sites (tertiary alicyclic amines) is 3. The normalized spacial score (nSPS) is 15.0. The zero-order valence-corrected chi connectivity index (χ0v) is 48.9. The van der Waals surface area contributed by atoms with Gasteiger partial charge < -0.3 is 54.5 Å². The van der Waals surface area contributed by atoms with E-state index in [-0.39, 0.29) is 54.4 Å². The molecule has 5 aromatic carbocycles. The number of amides is 3. The topological polar surface area (TPSA) is 274 Å². The van der Waals surface area contributed by atoms with Crippen LogP contribution in [0.25, 0.3) is 22.0 Å². The molecule has 85 heavy (non-hydrogen) atoms. The number of rotatable bonds is 13. The van der Waals surface area contributed by atoms with E-state index in [9.17, 15) is 44.1 Å². The van der Waals surface area contributed by atoms with Crippen LogP contribution in [0.5, 0.6) is 11.5 Å². The number of non-ortho nitro benzene ring substituents is 2. The van der Waals surface area contributed by atoms with Crippen molar-refractivity contribution in [3.05, 3.63) is 160 Å². The minimum absolute atomic E-state index is 0.00450. The fourth-order valence-electron chi connectivity index (χ4n) is 8.90. The Morgan fingerprint density at radius 2 is 1.19 bits per heavy atom. The van der Waals surface area contributed by atoms with Crippen LogP contribution >= 0.6 is 0 Å². The van der Waals surface area contributed by atoms with Gasteiger partial charge in [-0.1, -0.05) is 36.9 Å². The summed E-state index contributed by atoms with van der Waals surface area (Å²) in [6, 6.07) is 31.8. The van der Waals surface area contributed by atoms with Gasteiger partial charge in [-0.25, -0.2) is 23.9 Å². The van der Waals surface area contributed by atoms with Crippen LogP contribution < -0.4 is 20.1 Å². The van der Waals surface area contributed by atoms with Crippen molar-refractivity contribution < 1.29 is 57.8 Å². The third-order valence-corrected chi connectivity index (χ3v) is 13.2. The van der Waals surface area contributed by atoms with Crippen molar-refractivity contribution in [3.63, 3.8) is 0 Å². The SMILES string of the molecule is C=CC(=O)Nc1cccc(-c2cccc3cnc(Nc4ccc(OC5CCN(CCO)CC5)cc4)nc23)c1.CC(C)(C)OC(=O)N1CCC(O)CC1.CC(C)(C)OC(=O)N1CCC(Oc2ccc([N+](=O)[O-])cc2)CC1.O=[N+]([O-])c1ccc(F)cc1. The highest BCUT2D eigenvalue weighted by Gasteiger charge is 2.29. The van der Waals surface area contributed by atoms with Gasteiger partial charge >= 0.3 is 12.2 Å². The largest absolute Gasteiger partial charge is 0.490 e. The van der Waals surface area contributed by atoms with E-state index < -0.39 is 26.9 Å². The van der Waals surface area contributed by atoms with Crippen LogP contribution in [-0.2, 0) is 14.3 Å². The van der Waals surface area contributed by atoms with E-state index >= 15 is 0 Å². The maximum absolute atomic E-state index is 12.1. The standard InChI is InChI=1S/C30H31N5O3.C16H22N2O5.C10H19NO3.C6H4FNO2/c1-2-28(37)32-24-7-3-5-21(19-24)27-8-4-6-22-20-31-30(34-29(22)27)33-23-9-11-25(12-10-23)38-26-13-15-35(16-14-26)17-18-36;1-16(2,3)23-15(19)17-10-8-14(9-11-17)22-13-6-4-12(5-7-13)18(20)21;1-10(2,3)14-9(13)11-6-4-8(12)5-7-11;7-5-1-3-6(4-2-5)8(9)10/h2-12,19-20,26,36H,1,13-18H2,(H,32,37)(H,31,33,34);4-7,14H,8-11H2,1-3H3;8,12H,4-7H2,1-3H3;1-4H. The summed E-state index contributed by atoms with van der Waals surface area (Å²) < 4.78 is 34.7. The summed E-state index contributed by atoms with van der Waals surface area (Å²) in [5.41, 5.74) is 3.25. The van der Waals surface area contributed by atoms with Crippen LogP contribution in [0, 0.1) is 26.0 Å². The number of nitrogens with zero attached hydrogens (tertiary/aromatic N) is 7. The van der Waals surface area contributed by atoms with Crippen molar-refractivity contribution in [3.8, 4) is 22.6 Å². The summed E-state index contributed by atoms with van der Waals surface area (Å²) >= 11 is 0. The first-order chi connectivity index (χ1) is 40.4. The van der Waals surface area contributed by atoms with Gasteiger partial charge in [-0.15, -0.1) is 0 Å². The molecule has 22 nitrogen and oxygen atoms in total. The van der Waals surface area contributed by atoms with Crippen molar-refractivity contribution in [2.45, 2.75) is 110 Å². The van der Waals surface area contributed by atoms with E-state index in [1.54, 1.807) is 28.1 Å². The number of para-hydroxylation sites is 1. The van der Waals surface area contributed by atoms with Gasteiger partial charge in [-0.2, -0.15) is 0 Å². The van der Waals surface area contributed by atoms with Crippen LogP contribution in [-0.4, -0.2) is 145 Å². The van der Waals surface area contributed by atoms with Crippen molar-refractivity contribution in [1.82, 2.24) is 24.7 Å². The summed E-state index contributed by atoms with van der Waals surface area (Å²) in [6.45, 7) is 19.7. The molecule has 6 aromatic rings. The van der Waals surface area contributed by atoms with Gasteiger partial charge in [0.15, 0.2) is 0 Å². The second-order valence-electron chi connectivity index (χ2n) is 22.2. The van der Waals surface area contributed by atoms with E-state index in [2.05, 4.69) is 27.1 Å². The minimum Gasteiger partial charge on any atom is -0.490 e. The van der Waals surface area contributed by atoms with Crippen molar-refractivity contribution in [1.29, 1.82) is 0 Å². The van der Waals surface area contributed by atoms with Gasteiger partial charge in [0.2, 0.25) is 11.9 Å². The van der Waals surface area contributed by atoms with Crippen molar-refractivity contribution >= 4 is 57.7 Å². The Balaban J connectivity index is 0.000000207. The van der Waals surface area contributed by atoms with Gasteiger partial charge in [-0.05, 0) is 140 Å². The number of aromatic nitrogens is 2. The molecule has 454 valence electrons. The second kappa shape index (κ2) is 31.2. The lowest BCUT2D eigenvalue weighted by Crippen LogP contribution is -2.44. The number of halogens is 1. The summed E-state index contributed by atoms with van der Waals surface area (Å²) in [6.07, 6.45) is 7.03. The fraction of sp³-hybridized carbons (Fsp3) is 0.403. The highest BCUT2D eigenvalue weighted by atomic mass is 19.1. The first kappa shape index (κ1) is 65.4. The van der Waals surface area contributed by atoms with Crippen LogP contribution in [0.2, 0.25) is 0 Å². The molecule has 0 radical (unpaired) electrons. The molecule has 0 saturated carbocycles. The molecule has 3 amide bonds. The Kier molecular flexibility index (Phi) is 24.0. The van der Waals surface area contributed by atoms with Gasteiger partial charge in [0.25, 0.3) is 11.4 Å². The molecule has 3 aliphatic rings. The van der Waals surface area contributed by atoms with Crippen LogP contribution in [0.1, 0.15) is 80.1 Å². The fourth-order valence-corrected chi connectivity index (χ4v) is 8.90. The third kappa shape index (κ3) is 22.0. The number of piperidine rings is 3. The molecule has 4 heterocycles. The van der Waals surface area contributed by atoms with E-state index in [0.717, 1.165) is 90.2 Å². The van der Waals surface area contributed by atoms with E-state index in [0.29, 0.717) is 69.2 Å². The molecule has 3 fully saturated rings. The van der Waals surface area contributed by atoms with Gasteiger partial charge in [0.1, 0.15) is 40.7 Å². The Morgan fingerprint density at radius 3 is 1.69 bits per heavy atom. The summed E-state index contributed by atoms with van der Waals surface area (Å²) in [5, 5.41) is 46.0. The molecule has 0 bridgehead atoms.